The molecule has 1 saturated heterocycles. The summed E-state index contributed by atoms with van der Waals surface area (Å²) < 4.78 is 5.28. The van der Waals surface area contributed by atoms with E-state index < -0.39 is 0 Å². The Kier molecular flexibility index (Phi) is 7.88. The van der Waals surface area contributed by atoms with Crippen LogP contribution in [0.4, 0.5) is 0 Å². The monoisotopic (exact) mass is 214 g/mol. The van der Waals surface area contributed by atoms with Gasteiger partial charge >= 0.3 is 0 Å². The summed E-state index contributed by atoms with van der Waals surface area (Å²) in [5.74, 6) is 0. The molecule has 0 radical (unpaired) electrons. The molecule has 1 aliphatic heterocycles. The van der Waals surface area contributed by atoms with E-state index in [2.05, 4.69) is 10.2 Å². The van der Waals surface area contributed by atoms with Gasteiger partial charge in [0, 0.05) is 26.3 Å². The molecule has 0 atom stereocenters. The zero-order chi connectivity index (χ0) is 10.8. The Hall–Kier alpha value is -0.120. The molecular formula is C12H26N2O. The van der Waals surface area contributed by atoms with Crippen molar-refractivity contribution in [2.75, 3.05) is 45.9 Å². The molecule has 1 fully saturated rings. The van der Waals surface area contributed by atoms with Crippen LogP contribution in [0.2, 0.25) is 0 Å². The molecule has 0 aromatic rings. The van der Waals surface area contributed by atoms with Crippen molar-refractivity contribution in [3.8, 4) is 0 Å². The summed E-state index contributed by atoms with van der Waals surface area (Å²) >= 11 is 0. The van der Waals surface area contributed by atoms with Gasteiger partial charge in [-0.15, -0.1) is 0 Å². The standard InChI is InChI=1S/C12H26N2O/c1-2-15-12-6-7-13-8-11-14-9-4-3-5-10-14/h13H,2-12H2,1H3. The first-order chi connectivity index (χ1) is 7.43. The maximum absolute atomic E-state index is 5.28. The van der Waals surface area contributed by atoms with E-state index in [0.29, 0.717) is 0 Å². The van der Waals surface area contributed by atoms with Gasteiger partial charge in [0.05, 0.1) is 0 Å². The summed E-state index contributed by atoms with van der Waals surface area (Å²) in [7, 11) is 0. The zero-order valence-corrected chi connectivity index (χ0v) is 10.1. The molecule has 0 aromatic carbocycles. The third-order valence-electron chi connectivity index (χ3n) is 2.90. The van der Waals surface area contributed by atoms with E-state index in [1.54, 1.807) is 0 Å². The molecule has 0 unspecified atom stereocenters. The maximum Gasteiger partial charge on any atom is 0.0477 e. The Balaban J connectivity index is 1.79. The van der Waals surface area contributed by atoms with E-state index >= 15 is 0 Å². The summed E-state index contributed by atoms with van der Waals surface area (Å²) in [6, 6.07) is 0. The molecule has 1 aliphatic rings. The number of hydrogen-bond acceptors (Lipinski definition) is 3. The van der Waals surface area contributed by atoms with Crippen LogP contribution in [0, 0.1) is 0 Å². The maximum atomic E-state index is 5.28. The number of piperidine rings is 1. The highest BCUT2D eigenvalue weighted by Gasteiger charge is 2.08. The number of nitrogens with one attached hydrogen (secondary N) is 1. The normalized spacial score (nSPS) is 18.2. The van der Waals surface area contributed by atoms with Crippen LogP contribution in [-0.4, -0.2) is 50.8 Å². The predicted octanol–water partition coefficient (Wildman–Crippen LogP) is 1.49. The molecular weight excluding hydrogens is 188 g/mol. The average Bonchev–Trinajstić information content (AvgIpc) is 2.29. The van der Waals surface area contributed by atoms with Crippen molar-refractivity contribution in [1.82, 2.24) is 10.2 Å². The average molecular weight is 214 g/mol. The third-order valence-corrected chi connectivity index (χ3v) is 2.90. The molecule has 1 N–H and O–H groups in total. The van der Waals surface area contributed by atoms with E-state index in [0.717, 1.165) is 32.7 Å². The van der Waals surface area contributed by atoms with Crippen LogP contribution in [0.1, 0.15) is 32.6 Å². The Morgan fingerprint density at radius 3 is 2.67 bits per heavy atom. The molecule has 0 saturated carbocycles. The molecule has 90 valence electrons. The minimum Gasteiger partial charge on any atom is -0.382 e. The lowest BCUT2D eigenvalue weighted by molar-refractivity contribution is 0.144. The zero-order valence-electron chi connectivity index (χ0n) is 10.1. The molecule has 0 aliphatic carbocycles. The molecule has 1 rings (SSSR count). The van der Waals surface area contributed by atoms with Crippen molar-refractivity contribution in [1.29, 1.82) is 0 Å². The van der Waals surface area contributed by atoms with Gasteiger partial charge in [0.15, 0.2) is 0 Å². The molecule has 0 spiro atoms. The number of ether oxygens (including phenoxy) is 1. The fraction of sp³-hybridized carbons (Fsp3) is 1.00. The van der Waals surface area contributed by atoms with E-state index in [9.17, 15) is 0 Å². The third kappa shape index (κ3) is 6.88. The van der Waals surface area contributed by atoms with Crippen LogP contribution in [0.5, 0.6) is 0 Å². The molecule has 15 heavy (non-hydrogen) atoms. The van der Waals surface area contributed by atoms with Gasteiger partial charge < -0.3 is 15.0 Å². The van der Waals surface area contributed by atoms with Gasteiger partial charge in [-0.2, -0.15) is 0 Å². The quantitative estimate of drug-likeness (QED) is 0.620. The topological polar surface area (TPSA) is 24.5 Å². The number of rotatable bonds is 8. The summed E-state index contributed by atoms with van der Waals surface area (Å²) in [6.07, 6.45) is 5.35. The predicted molar refractivity (Wildman–Crippen MR) is 64.3 cm³/mol. The van der Waals surface area contributed by atoms with E-state index in [1.165, 1.54) is 38.9 Å². The highest BCUT2D eigenvalue weighted by Crippen LogP contribution is 2.07. The van der Waals surface area contributed by atoms with Crippen molar-refractivity contribution in [3.63, 3.8) is 0 Å². The Morgan fingerprint density at radius 2 is 1.93 bits per heavy atom. The number of hydrogen-bond donors (Lipinski definition) is 1. The van der Waals surface area contributed by atoms with Gasteiger partial charge in [-0.3, -0.25) is 0 Å². The molecule has 3 heteroatoms. The number of nitrogens with zero attached hydrogens (tertiary/aromatic N) is 1. The molecule has 0 amide bonds. The van der Waals surface area contributed by atoms with E-state index in [1.807, 2.05) is 6.92 Å². The largest absolute Gasteiger partial charge is 0.382 e. The van der Waals surface area contributed by atoms with Crippen LogP contribution in [0.25, 0.3) is 0 Å². The Labute approximate surface area is 94.2 Å². The second kappa shape index (κ2) is 9.13. The second-order valence-electron chi connectivity index (χ2n) is 4.20. The smallest absolute Gasteiger partial charge is 0.0477 e. The van der Waals surface area contributed by atoms with Gasteiger partial charge in [0.25, 0.3) is 0 Å². The van der Waals surface area contributed by atoms with E-state index in [-0.39, 0.29) is 0 Å². The van der Waals surface area contributed by atoms with Gasteiger partial charge in [-0.25, -0.2) is 0 Å². The van der Waals surface area contributed by atoms with Crippen LogP contribution in [0.15, 0.2) is 0 Å². The van der Waals surface area contributed by atoms with Crippen molar-refractivity contribution in [3.05, 3.63) is 0 Å². The van der Waals surface area contributed by atoms with Crippen molar-refractivity contribution in [2.24, 2.45) is 0 Å². The summed E-state index contributed by atoms with van der Waals surface area (Å²) in [4.78, 5) is 2.57. The molecule has 1 heterocycles. The lowest BCUT2D eigenvalue weighted by atomic mass is 10.1. The van der Waals surface area contributed by atoms with Crippen LogP contribution >= 0.6 is 0 Å². The fourth-order valence-electron chi connectivity index (χ4n) is 1.99. The van der Waals surface area contributed by atoms with Crippen LogP contribution in [0.3, 0.4) is 0 Å². The second-order valence-corrected chi connectivity index (χ2v) is 4.20. The molecule has 0 aromatic heterocycles. The minimum atomic E-state index is 0.841. The van der Waals surface area contributed by atoms with Gasteiger partial charge in [-0.1, -0.05) is 6.42 Å². The Bertz CT molecular complexity index is 136. The SMILES string of the molecule is CCOCCCNCCN1CCCCC1. The fourth-order valence-corrected chi connectivity index (χ4v) is 1.99. The molecule has 0 bridgehead atoms. The highest BCUT2D eigenvalue weighted by atomic mass is 16.5. The first-order valence-corrected chi connectivity index (χ1v) is 6.44. The molecule has 3 nitrogen and oxygen atoms in total. The van der Waals surface area contributed by atoms with Crippen molar-refractivity contribution < 1.29 is 4.74 Å². The summed E-state index contributed by atoms with van der Waals surface area (Å²) in [5, 5.41) is 3.47. The van der Waals surface area contributed by atoms with Crippen molar-refractivity contribution >= 4 is 0 Å². The Morgan fingerprint density at radius 1 is 1.13 bits per heavy atom. The van der Waals surface area contributed by atoms with Crippen LogP contribution < -0.4 is 5.32 Å². The van der Waals surface area contributed by atoms with E-state index in [4.69, 9.17) is 4.74 Å². The van der Waals surface area contributed by atoms with Crippen LogP contribution in [-0.2, 0) is 4.74 Å². The van der Waals surface area contributed by atoms with Crippen molar-refractivity contribution in [2.45, 2.75) is 32.6 Å². The highest BCUT2D eigenvalue weighted by molar-refractivity contribution is 4.65. The summed E-state index contributed by atoms with van der Waals surface area (Å²) in [6.45, 7) is 9.83. The first-order valence-electron chi connectivity index (χ1n) is 6.44. The first kappa shape index (κ1) is 12.9. The summed E-state index contributed by atoms with van der Waals surface area (Å²) in [5.41, 5.74) is 0. The number of likely N-dealkylation sites (tertiary alicyclic amines) is 1. The lowest BCUT2D eigenvalue weighted by Gasteiger charge is -2.26. The van der Waals surface area contributed by atoms with Gasteiger partial charge in [-0.05, 0) is 45.8 Å². The van der Waals surface area contributed by atoms with Gasteiger partial charge in [0.1, 0.15) is 0 Å². The van der Waals surface area contributed by atoms with Gasteiger partial charge in [0.2, 0.25) is 0 Å². The minimum absolute atomic E-state index is 0.841. The lowest BCUT2D eigenvalue weighted by Crippen LogP contribution is -2.36.